The molecule has 2 atom stereocenters. The molecule has 2 aromatic rings. The number of carbonyl (C=O) groups excluding carboxylic acids is 1. The Kier molecular flexibility index (Phi) is 6.84. The van der Waals surface area contributed by atoms with E-state index >= 15 is 0 Å². The number of hydrogen-bond donors (Lipinski definition) is 1. The van der Waals surface area contributed by atoms with E-state index in [0.29, 0.717) is 21.0 Å². The fourth-order valence-electron chi connectivity index (χ4n) is 3.00. The van der Waals surface area contributed by atoms with Crippen molar-refractivity contribution in [1.29, 1.82) is 0 Å². The van der Waals surface area contributed by atoms with Crippen molar-refractivity contribution in [2.45, 2.75) is 37.2 Å². The van der Waals surface area contributed by atoms with E-state index in [1.807, 2.05) is 51.4 Å². The minimum atomic E-state index is -1.33. The Bertz CT molecular complexity index is 851. The van der Waals surface area contributed by atoms with Crippen LogP contribution in [0.3, 0.4) is 0 Å². The van der Waals surface area contributed by atoms with Crippen LogP contribution in [0.25, 0.3) is 0 Å². The van der Waals surface area contributed by atoms with Crippen molar-refractivity contribution in [3.05, 3.63) is 64.2 Å². The van der Waals surface area contributed by atoms with E-state index in [1.165, 1.54) is 0 Å². The molecule has 0 aliphatic rings. The predicted molar refractivity (Wildman–Crippen MR) is 113 cm³/mol. The second-order valence-corrected chi connectivity index (χ2v) is 9.20. The van der Waals surface area contributed by atoms with Crippen LogP contribution in [-0.2, 0) is 10.8 Å². The third kappa shape index (κ3) is 4.78. The molecule has 6 heteroatoms. The predicted octanol–water partition coefficient (Wildman–Crippen LogP) is 4.20. The Balaban J connectivity index is 2.51. The molecule has 0 fully saturated rings. The van der Waals surface area contributed by atoms with Gasteiger partial charge in [0.1, 0.15) is 0 Å². The zero-order valence-electron chi connectivity index (χ0n) is 16.7. The van der Waals surface area contributed by atoms with E-state index in [-0.39, 0.29) is 17.5 Å². The first kappa shape index (κ1) is 21.6. The maximum absolute atomic E-state index is 13.2. The minimum absolute atomic E-state index is 0.252. The first-order valence-electron chi connectivity index (χ1n) is 8.72. The van der Waals surface area contributed by atoms with E-state index in [2.05, 4.69) is 24.1 Å². The van der Waals surface area contributed by atoms with Crippen LogP contribution in [0.2, 0.25) is 5.02 Å². The molecule has 0 bridgehead atoms. The average Bonchev–Trinajstić information content (AvgIpc) is 2.59. The van der Waals surface area contributed by atoms with E-state index in [9.17, 15) is 9.00 Å². The van der Waals surface area contributed by atoms with Gasteiger partial charge in [-0.3, -0.25) is 9.00 Å². The summed E-state index contributed by atoms with van der Waals surface area (Å²) in [6, 6.07) is 12.9. The SMILES string of the molecule is Cc1cc(Cl)cc(S(C)=O)c1C(=O)NC(c1ccccc1)C(C)(C)N(C)C. The summed E-state index contributed by atoms with van der Waals surface area (Å²) in [5.74, 6) is -0.252. The lowest BCUT2D eigenvalue weighted by atomic mass is 9.87. The fraction of sp³-hybridized carbons (Fsp3) is 0.381. The molecular weight excluding hydrogens is 380 g/mol. The van der Waals surface area contributed by atoms with Crippen LogP contribution in [0, 0.1) is 6.92 Å². The van der Waals surface area contributed by atoms with Gasteiger partial charge in [-0.1, -0.05) is 41.9 Å². The quantitative estimate of drug-likeness (QED) is 0.782. The smallest absolute Gasteiger partial charge is 0.253 e. The molecule has 2 aromatic carbocycles. The topological polar surface area (TPSA) is 49.4 Å². The monoisotopic (exact) mass is 406 g/mol. The molecule has 1 amide bonds. The number of hydrogen-bond acceptors (Lipinski definition) is 3. The summed E-state index contributed by atoms with van der Waals surface area (Å²) in [7, 11) is 2.65. The zero-order chi connectivity index (χ0) is 20.4. The summed E-state index contributed by atoms with van der Waals surface area (Å²) in [4.78, 5) is 15.8. The molecule has 146 valence electrons. The van der Waals surface area contributed by atoms with Gasteiger partial charge in [-0.2, -0.15) is 0 Å². The number of rotatable bonds is 6. The molecule has 0 aromatic heterocycles. The molecule has 2 rings (SSSR count). The third-order valence-electron chi connectivity index (χ3n) is 5.07. The van der Waals surface area contributed by atoms with Crippen molar-refractivity contribution in [2.24, 2.45) is 0 Å². The van der Waals surface area contributed by atoms with Gasteiger partial charge in [0.25, 0.3) is 5.91 Å². The summed E-state index contributed by atoms with van der Waals surface area (Å²) in [5, 5.41) is 3.64. The molecule has 0 spiro atoms. The van der Waals surface area contributed by atoms with E-state index in [1.54, 1.807) is 18.4 Å². The lowest BCUT2D eigenvalue weighted by Gasteiger charge is -2.41. The number of amides is 1. The standard InChI is InChI=1S/C21H27ClN2O2S/c1-14-12-16(22)13-17(27(6)26)18(14)20(25)23-19(21(2,3)24(4)5)15-10-8-7-9-11-15/h7-13,19H,1-6H3,(H,23,25). The van der Waals surface area contributed by atoms with Gasteiger partial charge in [-0.05, 0) is 58.1 Å². The second-order valence-electron chi connectivity index (χ2n) is 7.42. The molecule has 2 unspecified atom stereocenters. The van der Waals surface area contributed by atoms with E-state index in [0.717, 1.165) is 5.56 Å². The second kappa shape index (κ2) is 8.55. The number of aryl methyl sites for hydroxylation is 1. The van der Waals surface area contributed by atoms with Crippen molar-refractivity contribution in [3.8, 4) is 0 Å². The van der Waals surface area contributed by atoms with Crippen LogP contribution in [0.1, 0.15) is 41.4 Å². The Morgan fingerprint density at radius 2 is 1.78 bits per heavy atom. The van der Waals surface area contributed by atoms with E-state index < -0.39 is 10.8 Å². The van der Waals surface area contributed by atoms with Gasteiger partial charge in [-0.15, -0.1) is 0 Å². The number of likely N-dealkylation sites (N-methyl/N-ethyl adjacent to an activating group) is 1. The van der Waals surface area contributed by atoms with Crippen LogP contribution < -0.4 is 5.32 Å². The van der Waals surface area contributed by atoms with Crippen LogP contribution in [0.5, 0.6) is 0 Å². The van der Waals surface area contributed by atoms with Crippen molar-refractivity contribution in [1.82, 2.24) is 10.2 Å². The minimum Gasteiger partial charge on any atom is -0.343 e. The largest absolute Gasteiger partial charge is 0.343 e. The molecule has 4 nitrogen and oxygen atoms in total. The highest BCUT2D eigenvalue weighted by Gasteiger charge is 2.35. The van der Waals surface area contributed by atoms with Gasteiger partial charge in [0.2, 0.25) is 0 Å². The van der Waals surface area contributed by atoms with Crippen LogP contribution in [0.4, 0.5) is 0 Å². The lowest BCUT2D eigenvalue weighted by molar-refractivity contribution is 0.0837. The number of benzene rings is 2. The van der Waals surface area contributed by atoms with Gasteiger partial charge in [0, 0.05) is 16.8 Å². The Hall–Kier alpha value is -1.69. The first-order chi connectivity index (χ1) is 12.6. The van der Waals surface area contributed by atoms with Crippen LogP contribution in [-0.4, -0.2) is 40.9 Å². The van der Waals surface area contributed by atoms with Crippen LogP contribution >= 0.6 is 11.6 Å². The molecule has 0 aliphatic heterocycles. The third-order valence-corrected chi connectivity index (χ3v) is 6.23. The van der Waals surface area contributed by atoms with Gasteiger partial charge < -0.3 is 10.2 Å². The average molecular weight is 407 g/mol. The first-order valence-corrected chi connectivity index (χ1v) is 10.7. The normalized spacial score (nSPS) is 14.1. The molecule has 0 aliphatic carbocycles. The Morgan fingerprint density at radius 3 is 2.30 bits per heavy atom. The van der Waals surface area contributed by atoms with Crippen molar-refractivity contribution in [3.63, 3.8) is 0 Å². The molecular formula is C21H27ClN2O2S. The summed E-state index contributed by atoms with van der Waals surface area (Å²) < 4.78 is 12.2. The summed E-state index contributed by atoms with van der Waals surface area (Å²) in [6.07, 6.45) is 1.56. The van der Waals surface area contributed by atoms with Crippen molar-refractivity contribution >= 4 is 28.3 Å². The number of nitrogens with zero attached hydrogens (tertiary/aromatic N) is 1. The zero-order valence-corrected chi connectivity index (χ0v) is 18.2. The number of carbonyl (C=O) groups is 1. The van der Waals surface area contributed by atoms with Gasteiger partial charge in [0.05, 0.1) is 27.3 Å². The maximum Gasteiger partial charge on any atom is 0.253 e. The van der Waals surface area contributed by atoms with Gasteiger partial charge in [-0.25, -0.2) is 0 Å². The van der Waals surface area contributed by atoms with E-state index in [4.69, 9.17) is 11.6 Å². The maximum atomic E-state index is 13.2. The molecule has 0 radical (unpaired) electrons. The molecule has 0 saturated heterocycles. The fourth-order valence-corrected chi connectivity index (χ4v) is 4.18. The summed E-state index contributed by atoms with van der Waals surface area (Å²) >= 11 is 6.11. The Labute approximate surface area is 169 Å². The molecule has 27 heavy (non-hydrogen) atoms. The highest BCUT2D eigenvalue weighted by atomic mass is 35.5. The molecule has 1 N–H and O–H groups in total. The van der Waals surface area contributed by atoms with Crippen molar-refractivity contribution in [2.75, 3.05) is 20.4 Å². The number of halogens is 1. The van der Waals surface area contributed by atoms with Gasteiger partial charge >= 0.3 is 0 Å². The summed E-state index contributed by atoms with van der Waals surface area (Å²) in [6.45, 7) is 5.98. The van der Waals surface area contributed by atoms with Gasteiger partial charge in [0.15, 0.2) is 0 Å². The molecule has 0 heterocycles. The lowest BCUT2D eigenvalue weighted by Crippen LogP contribution is -2.51. The Morgan fingerprint density at radius 1 is 1.19 bits per heavy atom. The highest BCUT2D eigenvalue weighted by molar-refractivity contribution is 7.84. The van der Waals surface area contributed by atoms with Crippen LogP contribution in [0.15, 0.2) is 47.4 Å². The summed E-state index contributed by atoms with van der Waals surface area (Å²) in [5.41, 5.74) is 1.80. The van der Waals surface area contributed by atoms with Crippen molar-refractivity contribution < 1.29 is 9.00 Å². The highest BCUT2D eigenvalue weighted by Crippen LogP contribution is 2.31. The number of nitrogens with one attached hydrogen (secondary N) is 1. The molecule has 0 saturated carbocycles.